The molecule has 0 heterocycles. The smallest absolute Gasteiger partial charge is 0.305 e. The van der Waals surface area contributed by atoms with Crippen molar-refractivity contribution in [3.05, 3.63) is 24.3 Å². The fourth-order valence-electron chi connectivity index (χ4n) is 11.5. The molecular weight excluding hydrogens is 971 g/mol. The maximum Gasteiger partial charge on any atom is 0.305 e. The minimum absolute atomic E-state index is 0.0145. The van der Waals surface area contributed by atoms with Crippen molar-refractivity contribution in [3.63, 3.8) is 0 Å². The molecule has 0 radical (unpaired) electrons. The molecule has 2 unspecified atom stereocenters. The predicted octanol–water partition coefficient (Wildman–Crippen LogP) is 23.3. The number of hydrogen-bond donors (Lipinski definition) is 3. The Morgan fingerprint density at radius 1 is 0.342 bits per heavy atom. The van der Waals surface area contributed by atoms with Crippen molar-refractivity contribution in [2.75, 3.05) is 13.2 Å². The zero-order valence-corrected chi connectivity index (χ0v) is 53.6. The number of hydrogen-bond acceptors (Lipinski definition) is 5. The lowest BCUT2D eigenvalue weighted by molar-refractivity contribution is -0.143. The van der Waals surface area contributed by atoms with Crippen LogP contribution in [-0.4, -0.2) is 47.4 Å². The van der Waals surface area contributed by atoms with E-state index < -0.39 is 12.1 Å². The van der Waals surface area contributed by atoms with Crippen LogP contribution < -0.4 is 5.32 Å². The first kappa shape index (κ1) is 77.3. The van der Waals surface area contributed by atoms with Crippen LogP contribution in [0.4, 0.5) is 0 Å². The van der Waals surface area contributed by atoms with Crippen molar-refractivity contribution in [1.82, 2.24) is 5.32 Å². The summed E-state index contributed by atoms with van der Waals surface area (Å²) in [6.07, 6.45) is 86.9. The van der Waals surface area contributed by atoms with Gasteiger partial charge in [0.2, 0.25) is 5.91 Å². The first-order chi connectivity index (χ1) is 39.0. The zero-order chi connectivity index (χ0) is 57.1. The summed E-state index contributed by atoms with van der Waals surface area (Å²) in [5, 5.41) is 23.3. The standard InChI is InChI=1S/C73H141NO5/c1-3-5-7-9-11-13-15-17-18-19-20-21-22-24-27-30-33-36-39-42-45-49-53-57-61-65-71(76)70(69-75)74-72(77)66-62-58-54-50-46-43-40-37-34-31-28-25-23-26-29-32-35-38-41-44-48-52-56-60-64-68-79-73(78)67-63-59-55-51-47-16-14-12-10-8-6-4-2/h25,28,61,65,70-71,75-76H,3-24,26-27,29-60,62-64,66-69H2,1-2H3,(H,74,77)/b28-25-,65-61+. The number of allylic oxidation sites excluding steroid dienone is 3. The number of carbonyl (C=O) groups is 2. The second kappa shape index (κ2) is 68.8. The van der Waals surface area contributed by atoms with Gasteiger partial charge in [-0.2, -0.15) is 0 Å². The molecule has 0 aliphatic carbocycles. The summed E-state index contributed by atoms with van der Waals surface area (Å²) >= 11 is 0. The third kappa shape index (κ3) is 65.4. The van der Waals surface area contributed by atoms with E-state index in [0.717, 1.165) is 38.5 Å². The molecule has 0 saturated carbocycles. The van der Waals surface area contributed by atoms with E-state index in [-0.39, 0.29) is 18.5 Å². The Morgan fingerprint density at radius 3 is 0.899 bits per heavy atom. The number of carbonyl (C=O) groups excluding carboxylic acids is 2. The van der Waals surface area contributed by atoms with E-state index in [4.69, 9.17) is 4.74 Å². The van der Waals surface area contributed by atoms with Gasteiger partial charge in [-0.3, -0.25) is 9.59 Å². The van der Waals surface area contributed by atoms with Crippen LogP contribution in [0.15, 0.2) is 24.3 Å². The van der Waals surface area contributed by atoms with Crippen molar-refractivity contribution in [2.24, 2.45) is 0 Å². The molecule has 0 aliphatic rings. The first-order valence-corrected chi connectivity index (χ1v) is 36.1. The van der Waals surface area contributed by atoms with Crippen LogP contribution in [0, 0.1) is 0 Å². The number of aliphatic hydroxyl groups is 2. The van der Waals surface area contributed by atoms with Crippen molar-refractivity contribution < 1.29 is 24.5 Å². The van der Waals surface area contributed by atoms with Crippen LogP contribution in [0.25, 0.3) is 0 Å². The molecule has 2 atom stereocenters. The van der Waals surface area contributed by atoms with Gasteiger partial charge in [-0.1, -0.05) is 359 Å². The molecule has 0 rings (SSSR count). The summed E-state index contributed by atoms with van der Waals surface area (Å²) in [7, 11) is 0. The van der Waals surface area contributed by atoms with Gasteiger partial charge in [-0.05, 0) is 57.8 Å². The lowest BCUT2D eigenvalue weighted by Crippen LogP contribution is -2.45. The summed E-state index contributed by atoms with van der Waals surface area (Å²) < 4.78 is 5.48. The van der Waals surface area contributed by atoms with E-state index in [2.05, 4.69) is 31.3 Å². The Bertz CT molecular complexity index is 1230. The van der Waals surface area contributed by atoms with E-state index in [0.29, 0.717) is 19.4 Å². The molecule has 0 fully saturated rings. The highest BCUT2D eigenvalue weighted by atomic mass is 16.5. The van der Waals surface area contributed by atoms with Crippen LogP contribution in [0.3, 0.4) is 0 Å². The van der Waals surface area contributed by atoms with E-state index in [1.165, 1.54) is 340 Å². The molecule has 6 nitrogen and oxygen atoms in total. The Balaban J connectivity index is 3.42. The Hall–Kier alpha value is -1.66. The highest BCUT2D eigenvalue weighted by Crippen LogP contribution is 2.19. The van der Waals surface area contributed by atoms with E-state index in [9.17, 15) is 19.8 Å². The van der Waals surface area contributed by atoms with E-state index in [1.54, 1.807) is 6.08 Å². The van der Waals surface area contributed by atoms with E-state index >= 15 is 0 Å². The lowest BCUT2D eigenvalue weighted by atomic mass is 10.0. The number of nitrogens with one attached hydrogen (secondary N) is 1. The van der Waals surface area contributed by atoms with Crippen LogP contribution in [0.2, 0.25) is 0 Å². The second-order valence-electron chi connectivity index (χ2n) is 24.9. The second-order valence-corrected chi connectivity index (χ2v) is 24.9. The number of rotatable bonds is 68. The normalized spacial score (nSPS) is 12.6. The fourth-order valence-corrected chi connectivity index (χ4v) is 11.5. The summed E-state index contributed by atoms with van der Waals surface area (Å²) in [6.45, 7) is 4.94. The molecule has 79 heavy (non-hydrogen) atoms. The number of ether oxygens (including phenoxy) is 1. The fraction of sp³-hybridized carbons (Fsp3) is 0.918. The van der Waals surface area contributed by atoms with Crippen LogP contribution in [0.1, 0.15) is 406 Å². The maximum absolute atomic E-state index is 12.5. The van der Waals surface area contributed by atoms with Gasteiger partial charge in [-0.25, -0.2) is 0 Å². The molecule has 6 heteroatoms. The summed E-state index contributed by atoms with van der Waals surface area (Å²) in [4.78, 5) is 24.6. The van der Waals surface area contributed by atoms with Crippen molar-refractivity contribution >= 4 is 11.9 Å². The Kier molecular flexibility index (Phi) is 67.4. The van der Waals surface area contributed by atoms with Crippen LogP contribution in [-0.2, 0) is 14.3 Å². The molecule has 1 amide bonds. The third-order valence-corrected chi connectivity index (χ3v) is 17.0. The number of aliphatic hydroxyl groups excluding tert-OH is 2. The molecular formula is C73H141NO5. The minimum atomic E-state index is -0.848. The topological polar surface area (TPSA) is 95.9 Å². The molecule has 0 aromatic carbocycles. The third-order valence-electron chi connectivity index (χ3n) is 17.0. The van der Waals surface area contributed by atoms with Crippen molar-refractivity contribution in [1.29, 1.82) is 0 Å². The molecule has 0 aromatic rings. The maximum atomic E-state index is 12.5. The minimum Gasteiger partial charge on any atom is -0.466 e. The van der Waals surface area contributed by atoms with Crippen LogP contribution >= 0.6 is 0 Å². The zero-order valence-electron chi connectivity index (χ0n) is 53.6. The number of unbranched alkanes of at least 4 members (excludes halogenated alkanes) is 55. The van der Waals surface area contributed by atoms with E-state index in [1.807, 2.05) is 6.08 Å². The highest BCUT2D eigenvalue weighted by Gasteiger charge is 2.18. The molecule has 468 valence electrons. The predicted molar refractivity (Wildman–Crippen MR) is 347 cm³/mol. The Labute approximate surface area is 494 Å². The number of amides is 1. The van der Waals surface area contributed by atoms with Gasteiger partial charge in [0, 0.05) is 12.8 Å². The quantitative estimate of drug-likeness (QED) is 0.0320. The Morgan fingerprint density at radius 2 is 0.595 bits per heavy atom. The summed E-state index contributed by atoms with van der Waals surface area (Å²) in [6, 6.07) is -0.631. The van der Waals surface area contributed by atoms with Gasteiger partial charge < -0.3 is 20.3 Å². The largest absolute Gasteiger partial charge is 0.466 e. The molecule has 0 saturated heterocycles. The van der Waals surface area contributed by atoms with Gasteiger partial charge >= 0.3 is 5.97 Å². The SMILES string of the molecule is CCCCCCCCCCCCCCCCCCCCCCCCC/C=C/C(O)C(CO)NC(=O)CCCCCCCCCCC/C=C\CCCCCCCCCCCCCCOC(=O)CCCCCCCCCCCCCC. The van der Waals surface area contributed by atoms with Gasteiger partial charge in [0.25, 0.3) is 0 Å². The molecule has 0 spiro atoms. The highest BCUT2D eigenvalue weighted by molar-refractivity contribution is 5.76. The molecule has 0 bridgehead atoms. The lowest BCUT2D eigenvalue weighted by Gasteiger charge is -2.20. The first-order valence-electron chi connectivity index (χ1n) is 36.1. The molecule has 0 aliphatic heterocycles. The van der Waals surface area contributed by atoms with Gasteiger partial charge in [0.05, 0.1) is 25.4 Å². The van der Waals surface area contributed by atoms with Gasteiger partial charge in [-0.15, -0.1) is 0 Å². The van der Waals surface area contributed by atoms with Crippen molar-refractivity contribution in [3.8, 4) is 0 Å². The van der Waals surface area contributed by atoms with Crippen LogP contribution in [0.5, 0.6) is 0 Å². The average molecular weight is 1110 g/mol. The van der Waals surface area contributed by atoms with Gasteiger partial charge in [0.1, 0.15) is 0 Å². The number of esters is 1. The van der Waals surface area contributed by atoms with Gasteiger partial charge in [0.15, 0.2) is 0 Å². The van der Waals surface area contributed by atoms with Crippen molar-refractivity contribution in [2.45, 2.75) is 418 Å². The summed E-state index contributed by atoms with van der Waals surface area (Å²) in [5.41, 5.74) is 0. The molecule has 3 N–H and O–H groups in total. The summed E-state index contributed by atoms with van der Waals surface area (Å²) in [5.74, 6) is -0.0518. The molecule has 0 aromatic heterocycles. The average Bonchev–Trinajstić information content (AvgIpc) is 3.45. The monoisotopic (exact) mass is 1110 g/mol.